The van der Waals surface area contributed by atoms with E-state index in [0.717, 1.165) is 23.9 Å². The maximum Gasteiger partial charge on any atom is 0.314 e. The minimum absolute atomic E-state index is 0.0408. The van der Waals surface area contributed by atoms with Crippen molar-refractivity contribution in [2.24, 2.45) is 5.92 Å². The molecule has 12 heavy (non-hydrogen) atoms. The number of likely N-dealkylation sites (tertiary alicyclic amines) is 1. The van der Waals surface area contributed by atoms with Crippen molar-refractivity contribution in [1.82, 2.24) is 0 Å². The van der Waals surface area contributed by atoms with E-state index >= 15 is 0 Å². The van der Waals surface area contributed by atoms with Crippen LogP contribution in [-0.4, -0.2) is 44.7 Å². The Kier molecular flexibility index (Phi) is 2.73. The van der Waals surface area contributed by atoms with Crippen molar-refractivity contribution in [2.45, 2.75) is 12.8 Å². The van der Waals surface area contributed by atoms with Gasteiger partial charge in [0.1, 0.15) is 5.92 Å². The molecule has 0 N–H and O–H groups in total. The highest BCUT2D eigenvalue weighted by atomic mass is 16.5. The molecule has 0 spiro atoms. The first-order chi connectivity index (χ1) is 5.55. The standard InChI is InChI=1S/C9H18NO2/c1-10(2)6-4-5-8(7-10)9(11)12-3/h8H,4-7H2,1-3H3/q+1. The van der Waals surface area contributed by atoms with Gasteiger partial charge in [0.2, 0.25) is 0 Å². The summed E-state index contributed by atoms with van der Waals surface area (Å²) < 4.78 is 5.68. The van der Waals surface area contributed by atoms with Gasteiger partial charge in [-0.3, -0.25) is 4.79 Å². The van der Waals surface area contributed by atoms with Crippen molar-refractivity contribution in [3.05, 3.63) is 0 Å². The average Bonchev–Trinajstić information content (AvgIpc) is 2.01. The van der Waals surface area contributed by atoms with Crippen LogP contribution in [0.15, 0.2) is 0 Å². The Balaban J connectivity index is 2.52. The van der Waals surface area contributed by atoms with E-state index in [1.165, 1.54) is 13.7 Å². The monoisotopic (exact) mass is 172 g/mol. The lowest BCUT2D eigenvalue weighted by Gasteiger charge is -2.36. The van der Waals surface area contributed by atoms with Crippen LogP contribution < -0.4 is 0 Å². The third kappa shape index (κ3) is 2.21. The van der Waals surface area contributed by atoms with Crippen LogP contribution >= 0.6 is 0 Å². The number of hydrogen-bond acceptors (Lipinski definition) is 2. The fourth-order valence-corrected chi connectivity index (χ4v) is 1.90. The fraction of sp³-hybridized carbons (Fsp3) is 0.889. The predicted octanol–water partition coefficient (Wildman–Crippen LogP) is 0.646. The highest BCUT2D eigenvalue weighted by Crippen LogP contribution is 2.20. The summed E-state index contributed by atoms with van der Waals surface area (Å²) in [5.74, 6) is 0.0830. The molecule has 0 aromatic rings. The Bertz CT molecular complexity index is 177. The number of nitrogens with zero attached hydrogens (tertiary/aromatic N) is 1. The van der Waals surface area contributed by atoms with Gasteiger partial charge in [0.25, 0.3) is 0 Å². The second-order valence-electron chi connectivity index (χ2n) is 4.20. The van der Waals surface area contributed by atoms with Gasteiger partial charge in [-0.15, -0.1) is 0 Å². The smallest absolute Gasteiger partial charge is 0.314 e. The molecule has 0 amide bonds. The van der Waals surface area contributed by atoms with Crippen LogP contribution in [0.4, 0.5) is 0 Å². The van der Waals surface area contributed by atoms with E-state index in [1.807, 2.05) is 0 Å². The molecule has 0 aliphatic carbocycles. The number of piperidine rings is 1. The predicted molar refractivity (Wildman–Crippen MR) is 46.6 cm³/mol. The molecule has 70 valence electrons. The molecule has 0 aromatic carbocycles. The molecule has 1 aliphatic heterocycles. The molecule has 1 fully saturated rings. The van der Waals surface area contributed by atoms with E-state index in [1.54, 1.807) is 0 Å². The van der Waals surface area contributed by atoms with E-state index in [0.29, 0.717) is 0 Å². The zero-order chi connectivity index (χ0) is 9.19. The van der Waals surface area contributed by atoms with E-state index in [-0.39, 0.29) is 11.9 Å². The summed E-state index contributed by atoms with van der Waals surface area (Å²) in [7, 11) is 5.79. The van der Waals surface area contributed by atoms with E-state index in [2.05, 4.69) is 14.1 Å². The molecule has 0 radical (unpaired) electrons. The van der Waals surface area contributed by atoms with Crippen molar-refractivity contribution in [1.29, 1.82) is 0 Å². The first kappa shape index (κ1) is 9.52. The van der Waals surface area contributed by atoms with E-state index < -0.39 is 0 Å². The van der Waals surface area contributed by atoms with Gasteiger partial charge in [-0.2, -0.15) is 0 Å². The highest BCUT2D eigenvalue weighted by Gasteiger charge is 2.32. The van der Waals surface area contributed by atoms with Crippen molar-refractivity contribution in [2.75, 3.05) is 34.3 Å². The topological polar surface area (TPSA) is 26.3 Å². The molecule has 1 saturated heterocycles. The van der Waals surface area contributed by atoms with Gasteiger partial charge in [-0.1, -0.05) is 0 Å². The van der Waals surface area contributed by atoms with Crippen LogP contribution in [-0.2, 0) is 9.53 Å². The Labute approximate surface area is 73.9 Å². The summed E-state index contributed by atoms with van der Waals surface area (Å²) in [6, 6.07) is 0. The summed E-state index contributed by atoms with van der Waals surface area (Å²) in [4.78, 5) is 11.2. The minimum Gasteiger partial charge on any atom is -0.469 e. The molecule has 0 bridgehead atoms. The normalized spacial score (nSPS) is 28.1. The van der Waals surface area contributed by atoms with Crippen LogP contribution in [0, 0.1) is 5.92 Å². The summed E-state index contributed by atoms with van der Waals surface area (Å²) >= 11 is 0. The lowest BCUT2D eigenvalue weighted by molar-refractivity contribution is -0.897. The van der Waals surface area contributed by atoms with Gasteiger partial charge in [0, 0.05) is 0 Å². The molecule has 0 aromatic heterocycles. The SMILES string of the molecule is COC(=O)C1CCC[N+](C)(C)C1. The maximum absolute atomic E-state index is 11.2. The molecule has 1 atom stereocenters. The Morgan fingerprint density at radius 3 is 2.67 bits per heavy atom. The molecular weight excluding hydrogens is 154 g/mol. The Morgan fingerprint density at radius 2 is 2.17 bits per heavy atom. The van der Waals surface area contributed by atoms with Gasteiger partial charge in [-0.25, -0.2) is 0 Å². The number of carbonyl (C=O) groups excluding carboxylic acids is 1. The van der Waals surface area contributed by atoms with Gasteiger partial charge < -0.3 is 9.22 Å². The molecule has 1 rings (SSSR count). The quantitative estimate of drug-likeness (QED) is 0.429. The second-order valence-corrected chi connectivity index (χ2v) is 4.20. The summed E-state index contributed by atoms with van der Waals surface area (Å²) in [5, 5.41) is 0. The Morgan fingerprint density at radius 1 is 1.50 bits per heavy atom. The average molecular weight is 172 g/mol. The number of carbonyl (C=O) groups is 1. The van der Waals surface area contributed by atoms with E-state index in [9.17, 15) is 4.79 Å². The lowest BCUT2D eigenvalue weighted by Crippen LogP contribution is -2.49. The second kappa shape index (κ2) is 3.44. The van der Waals surface area contributed by atoms with Crippen LogP contribution in [0.25, 0.3) is 0 Å². The third-order valence-corrected chi connectivity index (χ3v) is 2.57. The van der Waals surface area contributed by atoms with Crippen molar-refractivity contribution in [3.8, 4) is 0 Å². The van der Waals surface area contributed by atoms with Crippen LogP contribution in [0.1, 0.15) is 12.8 Å². The maximum atomic E-state index is 11.2. The first-order valence-corrected chi connectivity index (χ1v) is 4.45. The molecule has 0 saturated carbocycles. The lowest BCUT2D eigenvalue weighted by atomic mass is 9.97. The molecule has 3 heteroatoms. The molecule has 1 heterocycles. The molecule has 3 nitrogen and oxygen atoms in total. The van der Waals surface area contributed by atoms with Crippen LogP contribution in [0.5, 0.6) is 0 Å². The summed E-state index contributed by atoms with van der Waals surface area (Å²) in [6.07, 6.45) is 2.13. The number of ether oxygens (including phenoxy) is 1. The number of methoxy groups -OCH3 is 1. The van der Waals surface area contributed by atoms with Gasteiger partial charge >= 0.3 is 5.97 Å². The fourth-order valence-electron chi connectivity index (χ4n) is 1.90. The Hall–Kier alpha value is -0.570. The van der Waals surface area contributed by atoms with Crippen molar-refractivity contribution < 1.29 is 14.0 Å². The van der Waals surface area contributed by atoms with Gasteiger partial charge in [-0.05, 0) is 12.8 Å². The summed E-state index contributed by atoms with van der Waals surface area (Å²) in [5.41, 5.74) is 0. The zero-order valence-electron chi connectivity index (χ0n) is 8.17. The first-order valence-electron chi connectivity index (χ1n) is 4.45. The van der Waals surface area contributed by atoms with Crippen LogP contribution in [0.2, 0.25) is 0 Å². The van der Waals surface area contributed by atoms with Gasteiger partial charge in [0.15, 0.2) is 0 Å². The van der Waals surface area contributed by atoms with E-state index in [4.69, 9.17) is 4.74 Å². The molecule has 1 aliphatic rings. The zero-order valence-corrected chi connectivity index (χ0v) is 8.17. The number of esters is 1. The number of hydrogen-bond donors (Lipinski definition) is 0. The summed E-state index contributed by atoms with van der Waals surface area (Å²) in [6.45, 7) is 2.10. The van der Waals surface area contributed by atoms with Crippen molar-refractivity contribution >= 4 is 5.97 Å². The molecular formula is C9H18NO2+. The highest BCUT2D eigenvalue weighted by molar-refractivity contribution is 5.72. The minimum atomic E-state index is -0.0408. The van der Waals surface area contributed by atoms with Crippen molar-refractivity contribution in [3.63, 3.8) is 0 Å². The van der Waals surface area contributed by atoms with Crippen LogP contribution in [0.3, 0.4) is 0 Å². The number of quaternary nitrogens is 1. The van der Waals surface area contributed by atoms with Gasteiger partial charge in [0.05, 0.1) is 34.3 Å². The third-order valence-electron chi connectivity index (χ3n) is 2.57. The number of rotatable bonds is 1. The molecule has 1 unspecified atom stereocenters. The largest absolute Gasteiger partial charge is 0.469 e.